The molecule has 0 aliphatic carbocycles. The molecule has 0 N–H and O–H groups in total. The molecule has 0 rings (SSSR count). The molecule has 0 saturated heterocycles. The molecule has 149 heavy (non-hydrogen) atoms. The van der Waals surface area contributed by atoms with Crippen molar-refractivity contribution in [2.75, 3.05) is 501 Å². The summed E-state index contributed by atoms with van der Waals surface area (Å²) in [7, 11) is 2.96. The summed E-state index contributed by atoms with van der Waals surface area (Å²) >= 11 is 0. The third kappa shape index (κ3) is 120. The van der Waals surface area contributed by atoms with E-state index in [0.717, 1.165) is 44.4 Å². The molecule has 39 nitrogen and oxygen atoms in total. The molecular weight excluding hydrogens is 2080 g/mol. The van der Waals surface area contributed by atoms with Gasteiger partial charge in [0.15, 0.2) is 44.4 Å². The van der Waals surface area contributed by atoms with Gasteiger partial charge >= 0.3 is 0 Å². The van der Waals surface area contributed by atoms with E-state index in [0.29, 0.717) is 277 Å². The fraction of sp³-hybridized carbons (Fsp3) is 0.961. The Kier molecular flexibility index (Phi) is 150. The van der Waals surface area contributed by atoms with Gasteiger partial charge in [0.2, 0.25) is 0 Å². The highest BCUT2D eigenvalue weighted by atomic mass is 31.2. The van der Waals surface area contributed by atoms with E-state index in [1.54, 1.807) is 49.8 Å². The molecule has 0 saturated carbocycles. The molecule has 0 aromatic heterocycles. The number of methoxy groups -OCH3 is 7. The van der Waals surface area contributed by atoms with Crippen LogP contribution in [0.15, 0.2) is 0 Å². The zero-order valence-electron chi connectivity index (χ0n) is 99.1. The van der Waals surface area contributed by atoms with Gasteiger partial charge in [-0.2, -0.15) is 0 Å². The van der Waals surface area contributed by atoms with Crippen LogP contribution in [0.5, 0.6) is 0 Å². The summed E-state index contributed by atoms with van der Waals surface area (Å²) in [5, 5.41) is 61.0. The van der Waals surface area contributed by atoms with Gasteiger partial charge in [0.1, 0.15) is 0 Å². The first-order valence-corrected chi connectivity index (χ1v) is 71.8. The molecule has 0 heterocycles. The van der Waals surface area contributed by atoms with Crippen molar-refractivity contribution in [3.05, 3.63) is 0 Å². The smallest absolute Gasteiger partial charge is 0.157 e. The zero-order valence-corrected chi connectivity index (χ0v) is 105. The van der Waals surface area contributed by atoms with Gasteiger partial charge in [0, 0.05) is 101 Å². The molecule has 0 aromatic carbocycles. The molecule has 904 valence electrons. The highest BCUT2D eigenvalue weighted by Crippen LogP contribution is 2.62. The van der Waals surface area contributed by atoms with E-state index in [2.05, 4.69) is 145 Å². The Labute approximate surface area is 911 Å². The quantitative estimate of drug-likeness (QED) is 0.0240. The number of carboxylic acid groups (broad SMARTS) is 4. The minimum Gasteiger partial charge on any atom is -0.907 e. The third-order valence-electron chi connectivity index (χ3n) is 25.2. The lowest BCUT2D eigenvalue weighted by Gasteiger charge is -2.35. The maximum Gasteiger partial charge on any atom is 0.157 e. The van der Waals surface area contributed by atoms with Crippen molar-refractivity contribution in [1.29, 1.82) is 0 Å². The highest BCUT2D eigenvalue weighted by Gasteiger charge is 2.37. The van der Waals surface area contributed by atoms with E-state index in [9.17, 15) is 0 Å². The van der Waals surface area contributed by atoms with Gasteiger partial charge in [0.05, 0.1) is 431 Å². The average Bonchev–Trinajstić information content (AvgIpc) is 0.932. The zero-order chi connectivity index (χ0) is 115. The molecule has 0 aliphatic rings. The van der Waals surface area contributed by atoms with Gasteiger partial charge in [-0.05, 0) is 145 Å². The summed E-state index contributed by atoms with van der Waals surface area (Å²) in [6.45, 7) is 75.2. The lowest BCUT2D eigenvalue weighted by atomic mass is 10.3. The summed E-state index contributed by atoms with van der Waals surface area (Å²) in [6, 6.07) is 0. The highest BCUT2D eigenvalue weighted by molar-refractivity contribution is 7.77. The molecule has 0 bridgehead atoms. The Bertz CT molecular complexity index is 2070. The fourth-order valence-corrected chi connectivity index (χ4v) is 29.3. The maximum atomic E-state index is 8.93. The number of hydrogen-bond acceptors (Lipinski definition) is 39. The number of carbonyl (C=O) groups is 4. The Balaban J connectivity index is -0.000000184. The van der Waals surface area contributed by atoms with Crippen LogP contribution < -0.4 is 35.5 Å². The average molecular weight is 2300 g/mol. The standard InChI is InChI=1S/7C14H32O4P.2C2H2O4.BO3/c7*1-5-19(6-2,7-3)14-18-13-12-17-11-10-16-9-8-15-4;2*3-1(4)2(5)6;2-1(3)4/h7*5-14H2,1-4H3;2*(H,3,4)(H,5,6);/q7*+1;;;-3/p-4. The van der Waals surface area contributed by atoms with Gasteiger partial charge < -0.3 is 187 Å². The van der Waals surface area contributed by atoms with Gasteiger partial charge in [-0.3, -0.25) is 7.32 Å². The van der Waals surface area contributed by atoms with Crippen molar-refractivity contribution in [3.8, 4) is 0 Å². The Morgan fingerprint density at radius 3 is 0.255 bits per heavy atom. The lowest BCUT2D eigenvalue weighted by Crippen LogP contribution is -2.56. The second kappa shape index (κ2) is 133. The minimum absolute atomic E-state index is 0.624. The van der Waals surface area contributed by atoms with Gasteiger partial charge in [-0.25, -0.2) is 0 Å². The van der Waals surface area contributed by atoms with Crippen molar-refractivity contribution < 1.29 is 187 Å². The van der Waals surface area contributed by atoms with Crippen LogP contribution in [-0.4, -0.2) is 532 Å². The van der Waals surface area contributed by atoms with E-state index in [4.69, 9.17) is 187 Å². The summed E-state index contributed by atoms with van der Waals surface area (Å²) in [4.78, 5) is 35.7. The molecule has 0 aromatic rings. The van der Waals surface area contributed by atoms with Crippen molar-refractivity contribution in [2.45, 2.75) is 145 Å². The lowest BCUT2D eigenvalue weighted by molar-refractivity contribution is -0.479. The number of aliphatic carboxylic acids is 4. The van der Waals surface area contributed by atoms with Crippen LogP contribution in [0.2, 0.25) is 0 Å². The van der Waals surface area contributed by atoms with Gasteiger partial charge in [0.25, 0.3) is 0 Å². The molecule has 0 amide bonds. The Morgan fingerprint density at radius 1 is 0.141 bits per heavy atom. The predicted molar refractivity (Wildman–Crippen MR) is 606 cm³/mol. The molecule has 0 atom stereocenters. The fourth-order valence-electron chi connectivity index (χ4n) is 12.5. The number of hydrogen-bond donors (Lipinski definition) is 0. The number of carbonyl (C=O) groups excluding carboxylic acids is 4. The molecule has 0 aliphatic heterocycles. The summed E-state index contributed by atoms with van der Waals surface area (Å²) < 4.78 is 150. The molecule has 0 radical (unpaired) electrons. The summed E-state index contributed by atoms with van der Waals surface area (Å²) in [5.41, 5.74) is 0. The van der Waals surface area contributed by atoms with Crippen LogP contribution in [0, 0.1) is 0 Å². The maximum absolute atomic E-state index is 8.93. The second-order valence-corrected chi connectivity index (χ2v) is 67.1. The van der Waals surface area contributed by atoms with Crippen molar-refractivity contribution in [1.82, 2.24) is 0 Å². The van der Waals surface area contributed by atoms with Gasteiger partial charge in [-0.1, -0.05) is 0 Å². The third-order valence-corrected chi connectivity index (χ3v) is 58.5. The number of carboxylic acids is 4. The largest absolute Gasteiger partial charge is 0.907 e. The van der Waals surface area contributed by atoms with E-state index >= 15 is 0 Å². The predicted octanol–water partition coefficient (Wildman–Crippen LogP) is 8.05. The molecule has 47 heteroatoms. The first kappa shape index (κ1) is 169. The molecule has 0 spiro atoms. The normalized spacial score (nSPS) is 11.5. The van der Waals surface area contributed by atoms with Crippen molar-refractivity contribution in [3.63, 3.8) is 0 Å². The van der Waals surface area contributed by atoms with Crippen molar-refractivity contribution >= 4 is 82.0 Å². The van der Waals surface area contributed by atoms with Gasteiger partial charge in [-0.15, -0.1) is 0 Å². The van der Waals surface area contributed by atoms with E-state index < -0.39 is 82.0 Å². The first-order chi connectivity index (χ1) is 71.7. The van der Waals surface area contributed by atoms with Crippen LogP contribution >= 0.6 is 50.8 Å². The molecule has 0 unspecified atom stereocenters. The van der Waals surface area contributed by atoms with Crippen LogP contribution in [-0.2, 0) is 152 Å². The Morgan fingerprint density at radius 2 is 0.201 bits per heavy atom. The molecule has 0 fully saturated rings. The Hall–Kier alpha value is -0.285. The topological polar surface area (TPSA) is 488 Å². The number of ether oxygens (including phenoxy) is 28. The van der Waals surface area contributed by atoms with Crippen molar-refractivity contribution in [2.24, 2.45) is 0 Å². The van der Waals surface area contributed by atoms with Crippen LogP contribution in [0.1, 0.15) is 145 Å². The van der Waals surface area contributed by atoms with E-state index in [1.807, 2.05) is 0 Å². The number of rotatable bonds is 98. The molecular formula is C102H224BO39P7. The van der Waals surface area contributed by atoms with E-state index in [1.165, 1.54) is 129 Å². The summed E-state index contributed by atoms with van der Waals surface area (Å²) in [6.07, 6.45) is 33.6. The second-order valence-electron chi connectivity index (χ2n) is 33.3. The summed E-state index contributed by atoms with van der Waals surface area (Å²) in [5.74, 6) is -8.74. The van der Waals surface area contributed by atoms with Crippen LogP contribution in [0.4, 0.5) is 0 Å². The first-order valence-electron chi connectivity index (χ1n) is 54.0. The monoisotopic (exact) mass is 2300 g/mol. The van der Waals surface area contributed by atoms with Crippen LogP contribution in [0.25, 0.3) is 0 Å². The SMILES string of the molecule is CC[P+](CC)(CC)COCCOCCOCCOC.CC[P+](CC)(CC)COCCOCCOCCOC.CC[P+](CC)(CC)COCCOCCOCCOC.CC[P+](CC)(CC)COCCOCCOCCOC.CC[P+](CC)(CC)COCCOCCOCCOC.CC[P+](CC)(CC)COCCOCCOCCOC.CC[P+](CC)(CC)COCCOCCOCCOC.O=C([O-])C(=O)[O-].O=C([O-])C(=O)[O-].[O-]B([O-])[O-]. The van der Waals surface area contributed by atoms with E-state index in [-0.39, 0.29) is 0 Å². The minimum atomic E-state index is -2.92. The van der Waals surface area contributed by atoms with Crippen LogP contribution in [0.3, 0.4) is 0 Å².